The van der Waals surface area contributed by atoms with E-state index in [1.807, 2.05) is 0 Å². The number of primary amides is 1. The number of ether oxygens (including phenoxy) is 1. The molecular formula is C16H12Cl2N2O4. The lowest BCUT2D eigenvalue weighted by molar-refractivity contribution is -0.119. The van der Waals surface area contributed by atoms with Gasteiger partial charge in [-0.15, -0.1) is 0 Å². The third-order valence-electron chi connectivity index (χ3n) is 2.89. The molecule has 2 aromatic carbocycles. The molecule has 0 fully saturated rings. The maximum atomic E-state index is 11.9. The molecule has 0 atom stereocenters. The van der Waals surface area contributed by atoms with Gasteiger partial charge in [0, 0.05) is 21.3 Å². The highest BCUT2D eigenvalue weighted by molar-refractivity contribution is 6.35. The first-order chi connectivity index (χ1) is 11.3. The molecule has 0 bridgehead atoms. The topological polar surface area (TPSA) is 98.5 Å². The van der Waals surface area contributed by atoms with Gasteiger partial charge in [-0.3, -0.25) is 9.59 Å². The highest BCUT2D eigenvalue weighted by atomic mass is 35.5. The van der Waals surface area contributed by atoms with Gasteiger partial charge in [-0.25, -0.2) is 4.79 Å². The van der Waals surface area contributed by atoms with Crippen LogP contribution in [-0.2, 0) is 9.53 Å². The van der Waals surface area contributed by atoms with Gasteiger partial charge >= 0.3 is 5.97 Å². The number of anilines is 1. The second-order valence-corrected chi connectivity index (χ2v) is 5.60. The molecule has 2 aromatic rings. The van der Waals surface area contributed by atoms with E-state index in [4.69, 9.17) is 33.7 Å². The van der Waals surface area contributed by atoms with Crippen LogP contribution in [-0.4, -0.2) is 24.4 Å². The first-order valence-electron chi connectivity index (χ1n) is 6.68. The van der Waals surface area contributed by atoms with Crippen molar-refractivity contribution in [1.29, 1.82) is 0 Å². The average molecular weight is 367 g/mol. The molecule has 2 rings (SSSR count). The van der Waals surface area contributed by atoms with Crippen LogP contribution in [0.1, 0.15) is 20.7 Å². The van der Waals surface area contributed by atoms with Gasteiger partial charge in [0.05, 0.1) is 5.56 Å². The minimum Gasteiger partial charge on any atom is -0.452 e. The number of nitrogens with two attached hydrogens (primary N) is 1. The predicted octanol–water partition coefficient (Wildman–Crippen LogP) is 2.89. The molecule has 8 heteroatoms. The molecule has 6 nitrogen and oxygen atoms in total. The summed E-state index contributed by atoms with van der Waals surface area (Å²) in [6, 6.07) is 10.2. The van der Waals surface area contributed by atoms with Crippen LogP contribution in [0.25, 0.3) is 0 Å². The summed E-state index contributed by atoms with van der Waals surface area (Å²) < 4.78 is 4.89. The molecule has 3 N–H and O–H groups in total. The van der Waals surface area contributed by atoms with Gasteiger partial charge in [-0.05, 0) is 42.5 Å². The maximum Gasteiger partial charge on any atom is 0.338 e. The van der Waals surface area contributed by atoms with Crippen LogP contribution in [0.2, 0.25) is 10.0 Å². The number of esters is 1. The monoisotopic (exact) mass is 366 g/mol. The Balaban J connectivity index is 1.90. The van der Waals surface area contributed by atoms with Crippen molar-refractivity contribution < 1.29 is 19.1 Å². The summed E-state index contributed by atoms with van der Waals surface area (Å²) in [5.74, 6) is -1.83. The number of hydrogen-bond acceptors (Lipinski definition) is 4. The number of carbonyl (C=O) groups excluding carboxylic acids is 3. The Hall–Kier alpha value is -2.57. The first-order valence-corrected chi connectivity index (χ1v) is 7.43. The molecule has 0 heterocycles. The SMILES string of the molecule is NC(=O)c1ccc(NC(=O)COC(=O)c2cc(Cl)cc(Cl)c2)cc1. The van der Waals surface area contributed by atoms with Crippen molar-refractivity contribution in [3.05, 3.63) is 63.6 Å². The number of halogens is 2. The van der Waals surface area contributed by atoms with Gasteiger partial charge in [0.25, 0.3) is 5.91 Å². The zero-order valence-corrected chi connectivity index (χ0v) is 13.7. The van der Waals surface area contributed by atoms with E-state index in [9.17, 15) is 14.4 Å². The van der Waals surface area contributed by atoms with Crippen LogP contribution >= 0.6 is 23.2 Å². The van der Waals surface area contributed by atoms with Gasteiger partial charge in [0.2, 0.25) is 5.91 Å². The van der Waals surface area contributed by atoms with E-state index >= 15 is 0 Å². The maximum absolute atomic E-state index is 11.9. The van der Waals surface area contributed by atoms with Crippen LogP contribution < -0.4 is 11.1 Å². The number of carbonyl (C=O) groups is 3. The minimum absolute atomic E-state index is 0.145. The summed E-state index contributed by atoms with van der Waals surface area (Å²) in [5, 5.41) is 3.09. The average Bonchev–Trinajstić information content (AvgIpc) is 2.52. The van der Waals surface area contributed by atoms with E-state index in [1.54, 1.807) is 0 Å². The van der Waals surface area contributed by atoms with Crippen molar-refractivity contribution in [2.75, 3.05) is 11.9 Å². The minimum atomic E-state index is -0.723. The number of hydrogen-bond donors (Lipinski definition) is 2. The Bertz CT molecular complexity index is 771. The van der Waals surface area contributed by atoms with Crippen LogP contribution in [0.5, 0.6) is 0 Å². The Kier molecular flexibility index (Phi) is 5.78. The molecule has 0 spiro atoms. The molecule has 0 aliphatic carbocycles. The lowest BCUT2D eigenvalue weighted by Crippen LogP contribution is -2.21. The summed E-state index contributed by atoms with van der Waals surface area (Å²) >= 11 is 11.6. The van der Waals surface area contributed by atoms with Gasteiger partial charge in [-0.1, -0.05) is 23.2 Å². The van der Waals surface area contributed by atoms with E-state index in [1.165, 1.54) is 42.5 Å². The fourth-order valence-corrected chi connectivity index (χ4v) is 2.33. The Morgan fingerprint density at radius 1 is 0.958 bits per heavy atom. The van der Waals surface area contributed by atoms with E-state index in [0.717, 1.165) is 0 Å². The summed E-state index contributed by atoms with van der Waals surface area (Å²) in [4.78, 5) is 34.6. The van der Waals surface area contributed by atoms with E-state index in [0.29, 0.717) is 11.3 Å². The second kappa shape index (κ2) is 7.81. The fraction of sp³-hybridized carbons (Fsp3) is 0.0625. The Morgan fingerprint density at radius 2 is 1.54 bits per heavy atom. The summed E-state index contributed by atoms with van der Waals surface area (Å²) in [7, 11) is 0. The molecule has 0 aromatic heterocycles. The summed E-state index contributed by atoms with van der Waals surface area (Å²) in [5.41, 5.74) is 6.02. The van der Waals surface area contributed by atoms with Gasteiger partial charge < -0.3 is 15.8 Å². The number of rotatable bonds is 5. The fourth-order valence-electron chi connectivity index (χ4n) is 1.80. The molecule has 0 saturated heterocycles. The van der Waals surface area contributed by atoms with Gasteiger partial charge in [0.15, 0.2) is 6.61 Å². The van der Waals surface area contributed by atoms with E-state index < -0.39 is 24.4 Å². The number of benzene rings is 2. The smallest absolute Gasteiger partial charge is 0.338 e. The summed E-state index contributed by atoms with van der Waals surface area (Å²) in [6.07, 6.45) is 0. The standard InChI is InChI=1S/C16H12Cl2N2O4/c17-11-5-10(6-12(18)7-11)16(23)24-8-14(21)20-13-3-1-9(2-4-13)15(19)22/h1-7H,8H2,(H2,19,22)(H,20,21). The first kappa shape index (κ1) is 17.8. The van der Waals surface area contributed by atoms with Crippen molar-refractivity contribution in [2.24, 2.45) is 5.73 Å². The third kappa shape index (κ3) is 4.97. The molecule has 0 saturated carbocycles. The van der Waals surface area contributed by atoms with Crippen molar-refractivity contribution in [3.63, 3.8) is 0 Å². The molecular weight excluding hydrogens is 355 g/mol. The highest BCUT2D eigenvalue weighted by Crippen LogP contribution is 2.19. The molecule has 0 radical (unpaired) electrons. The summed E-state index contributed by atoms with van der Waals surface area (Å²) in [6.45, 7) is -0.486. The Morgan fingerprint density at radius 3 is 2.08 bits per heavy atom. The molecule has 0 aliphatic heterocycles. The lowest BCUT2D eigenvalue weighted by Gasteiger charge is -2.07. The van der Waals surface area contributed by atoms with E-state index in [2.05, 4.69) is 5.32 Å². The predicted molar refractivity (Wildman–Crippen MR) is 90.3 cm³/mol. The van der Waals surface area contributed by atoms with Crippen molar-refractivity contribution in [3.8, 4) is 0 Å². The van der Waals surface area contributed by atoms with Gasteiger partial charge in [0.1, 0.15) is 0 Å². The largest absolute Gasteiger partial charge is 0.452 e. The molecule has 24 heavy (non-hydrogen) atoms. The lowest BCUT2D eigenvalue weighted by atomic mass is 10.2. The molecule has 124 valence electrons. The Labute approximate surface area is 147 Å². The van der Waals surface area contributed by atoms with Gasteiger partial charge in [-0.2, -0.15) is 0 Å². The molecule has 2 amide bonds. The van der Waals surface area contributed by atoms with E-state index in [-0.39, 0.29) is 15.6 Å². The second-order valence-electron chi connectivity index (χ2n) is 4.72. The number of nitrogens with one attached hydrogen (secondary N) is 1. The highest BCUT2D eigenvalue weighted by Gasteiger charge is 2.12. The van der Waals surface area contributed by atoms with Crippen LogP contribution in [0.15, 0.2) is 42.5 Å². The van der Waals surface area contributed by atoms with Crippen molar-refractivity contribution >= 4 is 46.7 Å². The zero-order chi connectivity index (χ0) is 17.7. The van der Waals surface area contributed by atoms with Crippen molar-refractivity contribution in [2.45, 2.75) is 0 Å². The van der Waals surface area contributed by atoms with Crippen LogP contribution in [0.4, 0.5) is 5.69 Å². The molecule has 0 aliphatic rings. The normalized spacial score (nSPS) is 10.1. The van der Waals surface area contributed by atoms with Crippen LogP contribution in [0.3, 0.4) is 0 Å². The molecule has 0 unspecified atom stereocenters. The number of amides is 2. The quantitative estimate of drug-likeness (QED) is 0.794. The van der Waals surface area contributed by atoms with Crippen LogP contribution in [0, 0.1) is 0 Å². The van der Waals surface area contributed by atoms with Crippen molar-refractivity contribution in [1.82, 2.24) is 0 Å². The zero-order valence-electron chi connectivity index (χ0n) is 12.2. The third-order valence-corrected chi connectivity index (χ3v) is 3.32.